The molecule has 0 bridgehead atoms. The van der Waals surface area contributed by atoms with Crippen LogP contribution in [0.15, 0.2) is 41.7 Å². The molecule has 8 nitrogen and oxygen atoms in total. The molecule has 0 unspecified atom stereocenters. The summed E-state index contributed by atoms with van der Waals surface area (Å²) in [7, 11) is 1.67. The van der Waals surface area contributed by atoms with Gasteiger partial charge in [0.05, 0.1) is 31.2 Å². The van der Waals surface area contributed by atoms with Crippen molar-refractivity contribution < 1.29 is 9.53 Å². The van der Waals surface area contributed by atoms with Gasteiger partial charge in [-0.05, 0) is 11.3 Å². The van der Waals surface area contributed by atoms with Gasteiger partial charge in [-0.25, -0.2) is 14.6 Å². The number of aromatic nitrogens is 4. The second-order valence-electron chi connectivity index (χ2n) is 6.32. The second-order valence-corrected chi connectivity index (χ2v) is 7.56. The van der Waals surface area contributed by atoms with Gasteiger partial charge >= 0.3 is 0 Å². The Morgan fingerprint density at radius 3 is 2.79 bits per heavy atom. The lowest BCUT2D eigenvalue weighted by Crippen LogP contribution is -2.28. The predicted octanol–water partition coefficient (Wildman–Crippen LogP) is 2.36. The summed E-state index contributed by atoms with van der Waals surface area (Å²) in [5, 5.41) is 12.3. The summed E-state index contributed by atoms with van der Waals surface area (Å²) in [6.07, 6.45) is 2.13. The fraction of sp³-hybridized carbons (Fsp3) is 0.400. The van der Waals surface area contributed by atoms with Gasteiger partial charge in [-0.1, -0.05) is 49.0 Å². The van der Waals surface area contributed by atoms with E-state index in [2.05, 4.69) is 32.6 Å². The Morgan fingerprint density at radius 1 is 1.21 bits per heavy atom. The summed E-state index contributed by atoms with van der Waals surface area (Å²) in [5.41, 5.74) is 1.75. The van der Waals surface area contributed by atoms with Gasteiger partial charge < -0.3 is 15.4 Å². The molecule has 9 heteroatoms. The molecule has 2 N–H and O–H groups in total. The average molecular weight is 415 g/mol. The van der Waals surface area contributed by atoms with Crippen molar-refractivity contribution in [2.75, 3.05) is 37.9 Å². The maximum atomic E-state index is 12.2. The van der Waals surface area contributed by atoms with Gasteiger partial charge in [-0.15, -0.1) is 0 Å². The number of amides is 1. The van der Waals surface area contributed by atoms with Crippen LogP contribution in [0.3, 0.4) is 0 Å². The van der Waals surface area contributed by atoms with Crippen molar-refractivity contribution in [1.82, 2.24) is 25.1 Å². The molecular formula is C20H26N6O2S. The molecule has 2 aromatic heterocycles. The van der Waals surface area contributed by atoms with Crippen molar-refractivity contribution in [3.05, 3.63) is 42.1 Å². The fourth-order valence-electron chi connectivity index (χ4n) is 2.84. The average Bonchev–Trinajstić information content (AvgIpc) is 3.12. The fourth-order valence-corrected chi connectivity index (χ4v) is 3.41. The van der Waals surface area contributed by atoms with E-state index in [1.807, 2.05) is 30.3 Å². The molecule has 1 amide bonds. The maximum absolute atomic E-state index is 12.2. The number of methoxy groups -OCH3 is 1. The molecular weight excluding hydrogens is 388 g/mol. The first-order chi connectivity index (χ1) is 14.2. The van der Waals surface area contributed by atoms with Gasteiger partial charge in [0.25, 0.3) is 0 Å². The van der Waals surface area contributed by atoms with Crippen LogP contribution in [0.4, 0.5) is 5.82 Å². The number of anilines is 1. The highest BCUT2D eigenvalue weighted by atomic mass is 32.2. The van der Waals surface area contributed by atoms with E-state index in [0.29, 0.717) is 37.8 Å². The molecule has 0 aliphatic heterocycles. The zero-order chi connectivity index (χ0) is 20.5. The lowest BCUT2D eigenvalue weighted by Gasteiger charge is -2.09. The molecule has 0 radical (unpaired) electrons. The number of hydrogen-bond acceptors (Lipinski definition) is 7. The van der Waals surface area contributed by atoms with E-state index in [-0.39, 0.29) is 5.91 Å². The van der Waals surface area contributed by atoms with Crippen molar-refractivity contribution >= 4 is 34.5 Å². The zero-order valence-electron chi connectivity index (χ0n) is 16.7. The van der Waals surface area contributed by atoms with Gasteiger partial charge in [0.1, 0.15) is 5.82 Å². The van der Waals surface area contributed by atoms with E-state index in [1.54, 1.807) is 29.8 Å². The Kier molecular flexibility index (Phi) is 7.83. The first-order valence-corrected chi connectivity index (χ1v) is 10.6. The van der Waals surface area contributed by atoms with Gasteiger partial charge in [-0.3, -0.25) is 4.79 Å². The number of thioether (sulfide) groups is 1. The molecule has 1 aromatic carbocycles. The molecule has 0 saturated carbocycles. The van der Waals surface area contributed by atoms with E-state index in [4.69, 9.17) is 4.74 Å². The van der Waals surface area contributed by atoms with Crippen LogP contribution in [0.2, 0.25) is 0 Å². The largest absolute Gasteiger partial charge is 0.383 e. The van der Waals surface area contributed by atoms with E-state index in [1.165, 1.54) is 0 Å². The van der Waals surface area contributed by atoms with Crippen molar-refractivity contribution in [3.63, 3.8) is 0 Å². The Bertz CT molecular complexity index is 931. The molecule has 0 aliphatic rings. The number of fused-ring (bicyclic) bond motifs is 1. The zero-order valence-corrected chi connectivity index (χ0v) is 17.5. The molecule has 0 aliphatic carbocycles. The lowest BCUT2D eigenvalue weighted by atomic mass is 10.1. The number of benzene rings is 1. The Balaban J connectivity index is 1.66. The standard InChI is InChI=1S/C20H26N6O2S/c1-3-29-20-24-18(22-10-12-28-2)16-14-23-26(19(16)25-20)11-9-21-17(27)13-15-7-5-4-6-8-15/h4-8,14H,3,9-13H2,1-2H3,(H,21,27)(H,22,24,25). The summed E-state index contributed by atoms with van der Waals surface area (Å²) >= 11 is 1.58. The molecule has 3 aromatic rings. The first kappa shape index (κ1) is 21.1. The summed E-state index contributed by atoms with van der Waals surface area (Å²) in [5.74, 6) is 1.63. The van der Waals surface area contributed by atoms with E-state index in [9.17, 15) is 4.79 Å². The first-order valence-electron chi connectivity index (χ1n) is 9.61. The van der Waals surface area contributed by atoms with Crippen molar-refractivity contribution in [3.8, 4) is 0 Å². The topological polar surface area (TPSA) is 94.0 Å². The smallest absolute Gasteiger partial charge is 0.224 e. The van der Waals surface area contributed by atoms with Crippen LogP contribution in [0.5, 0.6) is 0 Å². The summed E-state index contributed by atoms with van der Waals surface area (Å²) in [4.78, 5) is 21.4. The van der Waals surface area contributed by atoms with E-state index >= 15 is 0 Å². The number of hydrogen-bond donors (Lipinski definition) is 2. The molecule has 0 fully saturated rings. The molecule has 2 heterocycles. The minimum atomic E-state index is -0.00793. The minimum absolute atomic E-state index is 0.00793. The van der Waals surface area contributed by atoms with Gasteiger partial charge in [0, 0.05) is 20.2 Å². The van der Waals surface area contributed by atoms with Crippen LogP contribution in [-0.4, -0.2) is 58.2 Å². The van der Waals surface area contributed by atoms with E-state index in [0.717, 1.165) is 28.2 Å². The lowest BCUT2D eigenvalue weighted by molar-refractivity contribution is -0.120. The Morgan fingerprint density at radius 2 is 2.03 bits per heavy atom. The number of nitrogens with zero attached hydrogens (tertiary/aromatic N) is 4. The normalized spacial score (nSPS) is 11.0. The second kappa shape index (κ2) is 10.8. The SMILES string of the molecule is CCSc1nc(NCCOC)c2cnn(CCNC(=O)Cc3ccccc3)c2n1. The highest BCUT2D eigenvalue weighted by Gasteiger charge is 2.13. The van der Waals surface area contributed by atoms with Crippen LogP contribution in [0.25, 0.3) is 11.0 Å². The summed E-state index contributed by atoms with van der Waals surface area (Å²) in [6, 6.07) is 9.70. The predicted molar refractivity (Wildman–Crippen MR) is 115 cm³/mol. The third-order valence-corrected chi connectivity index (χ3v) is 4.93. The molecule has 29 heavy (non-hydrogen) atoms. The summed E-state index contributed by atoms with van der Waals surface area (Å²) < 4.78 is 6.91. The molecule has 0 spiro atoms. The van der Waals surface area contributed by atoms with Crippen LogP contribution in [-0.2, 0) is 22.5 Å². The Hall–Kier alpha value is -2.65. The number of carbonyl (C=O) groups is 1. The van der Waals surface area contributed by atoms with Gasteiger partial charge in [-0.2, -0.15) is 5.10 Å². The number of nitrogens with one attached hydrogen (secondary N) is 2. The third-order valence-electron chi connectivity index (χ3n) is 4.20. The van der Waals surface area contributed by atoms with E-state index < -0.39 is 0 Å². The number of carbonyl (C=O) groups excluding carboxylic acids is 1. The van der Waals surface area contributed by atoms with Crippen LogP contribution in [0.1, 0.15) is 12.5 Å². The monoisotopic (exact) mass is 414 g/mol. The molecule has 0 saturated heterocycles. The molecule has 0 atom stereocenters. The maximum Gasteiger partial charge on any atom is 0.224 e. The highest BCUT2D eigenvalue weighted by Crippen LogP contribution is 2.24. The van der Waals surface area contributed by atoms with Gasteiger partial charge in [0.2, 0.25) is 5.91 Å². The third kappa shape index (κ3) is 5.91. The van der Waals surface area contributed by atoms with Crippen LogP contribution in [0, 0.1) is 0 Å². The van der Waals surface area contributed by atoms with Crippen molar-refractivity contribution in [1.29, 1.82) is 0 Å². The minimum Gasteiger partial charge on any atom is -0.383 e. The molecule has 3 rings (SSSR count). The van der Waals surface area contributed by atoms with Crippen molar-refractivity contribution in [2.45, 2.75) is 25.0 Å². The van der Waals surface area contributed by atoms with Gasteiger partial charge in [0.15, 0.2) is 10.8 Å². The number of rotatable bonds is 11. The Labute approximate surface area is 174 Å². The van der Waals surface area contributed by atoms with Crippen molar-refractivity contribution in [2.24, 2.45) is 0 Å². The highest BCUT2D eigenvalue weighted by molar-refractivity contribution is 7.99. The quantitative estimate of drug-likeness (QED) is 0.283. The number of ether oxygens (including phenoxy) is 1. The summed E-state index contributed by atoms with van der Waals surface area (Å²) in [6.45, 7) is 4.32. The van der Waals surface area contributed by atoms with Crippen LogP contribution >= 0.6 is 11.8 Å². The van der Waals surface area contributed by atoms with Crippen LogP contribution < -0.4 is 10.6 Å². The molecule has 154 valence electrons.